The molecule has 1 aromatic heterocycles. The van der Waals surface area contributed by atoms with Crippen molar-refractivity contribution in [2.75, 3.05) is 5.73 Å². The topological polar surface area (TPSA) is 38.9 Å². The number of nitrogens with zero attached hydrogens (tertiary/aromatic N) is 1. The standard InChI is InChI=1S/C10H11FN2S/c1-5(2)7-3-6(11)4-8-9(7)13-10(12)14-8/h3-5H,1-2H3,(H2,12,13). The van der Waals surface area contributed by atoms with Crippen molar-refractivity contribution in [1.82, 2.24) is 4.98 Å². The number of nitrogens with two attached hydrogens (primary N) is 1. The van der Waals surface area contributed by atoms with Gasteiger partial charge < -0.3 is 5.73 Å². The second-order valence-electron chi connectivity index (χ2n) is 3.55. The van der Waals surface area contributed by atoms with Gasteiger partial charge in [-0.3, -0.25) is 0 Å². The Labute approximate surface area is 85.6 Å². The summed E-state index contributed by atoms with van der Waals surface area (Å²) < 4.78 is 14.0. The number of hydrogen-bond donors (Lipinski definition) is 1. The summed E-state index contributed by atoms with van der Waals surface area (Å²) in [4.78, 5) is 4.21. The largest absolute Gasteiger partial charge is 0.375 e. The third-order valence-electron chi connectivity index (χ3n) is 2.13. The van der Waals surface area contributed by atoms with Crippen molar-refractivity contribution in [2.45, 2.75) is 19.8 Å². The number of hydrogen-bond acceptors (Lipinski definition) is 3. The molecule has 2 aromatic rings. The summed E-state index contributed by atoms with van der Waals surface area (Å²) in [7, 11) is 0. The Morgan fingerprint density at radius 2 is 2.14 bits per heavy atom. The van der Waals surface area contributed by atoms with Crippen LogP contribution in [0.5, 0.6) is 0 Å². The Bertz CT molecular complexity index is 476. The van der Waals surface area contributed by atoms with Gasteiger partial charge in [0.25, 0.3) is 0 Å². The zero-order chi connectivity index (χ0) is 10.3. The SMILES string of the molecule is CC(C)c1cc(F)cc2sc(N)nc12. The van der Waals surface area contributed by atoms with Crippen molar-refractivity contribution >= 4 is 26.7 Å². The van der Waals surface area contributed by atoms with Crippen molar-refractivity contribution in [3.8, 4) is 0 Å². The van der Waals surface area contributed by atoms with E-state index in [0.29, 0.717) is 5.13 Å². The van der Waals surface area contributed by atoms with E-state index in [9.17, 15) is 4.39 Å². The van der Waals surface area contributed by atoms with Crippen LogP contribution in [0.25, 0.3) is 10.2 Å². The molecule has 2 rings (SSSR count). The fourth-order valence-electron chi connectivity index (χ4n) is 1.48. The average molecular weight is 210 g/mol. The van der Waals surface area contributed by atoms with Crippen molar-refractivity contribution < 1.29 is 4.39 Å². The number of fused-ring (bicyclic) bond motifs is 1. The molecule has 2 nitrogen and oxygen atoms in total. The first-order valence-corrected chi connectivity index (χ1v) is 5.25. The molecule has 0 aliphatic heterocycles. The molecular weight excluding hydrogens is 199 g/mol. The Hall–Kier alpha value is -1.16. The Morgan fingerprint density at radius 3 is 2.79 bits per heavy atom. The second-order valence-corrected chi connectivity index (χ2v) is 4.61. The van der Waals surface area contributed by atoms with Crippen LogP contribution in [-0.4, -0.2) is 4.98 Å². The predicted molar refractivity (Wildman–Crippen MR) is 58.1 cm³/mol. The summed E-state index contributed by atoms with van der Waals surface area (Å²) in [5.74, 6) is 0.0413. The van der Waals surface area contributed by atoms with E-state index in [1.54, 1.807) is 0 Å². The van der Waals surface area contributed by atoms with Crippen LogP contribution in [0, 0.1) is 5.82 Å². The summed E-state index contributed by atoms with van der Waals surface area (Å²) in [6, 6.07) is 3.02. The molecule has 0 saturated heterocycles. The van der Waals surface area contributed by atoms with Crippen LogP contribution in [0.2, 0.25) is 0 Å². The van der Waals surface area contributed by atoms with Gasteiger partial charge in [0.1, 0.15) is 5.82 Å². The number of benzene rings is 1. The number of halogens is 1. The number of thiazole rings is 1. The summed E-state index contributed by atoms with van der Waals surface area (Å²) in [5.41, 5.74) is 7.36. The van der Waals surface area contributed by atoms with Gasteiger partial charge in [-0.1, -0.05) is 25.2 Å². The van der Waals surface area contributed by atoms with Crippen molar-refractivity contribution in [2.24, 2.45) is 0 Å². The van der Waals surface area contributed by atoms with E-state index in [0.717, 1.165) is 15.8 Å². The highest BCUT2D eigenvalue weighted by atomic mass is 32.1. The minimum atomic E-state index is -0.218. The normalized spacial score (nSPS) is 11.4. The number of rotatable bonds is 1. The maximum Gasteiger partial charge on any atom is 0.181 e. The summed E-state index contributed by atoms with van der Waals surface area (Å²) in [6.45, 7) is 4.04. The first-order chi connectivity index (χ1) is 6.58. The molecule has 0 saturated carbocycles. The maximum absolute atomic E-state index is 13.2. The lowest BCUT2D eigenvalue weighted by atomic mass is 10.0. The summed E-state index contributed by atoms with van der Waals surface area (Å²) in [6.07, 6.45) is 0. The van der Waals surface area contributed by atoms with Crippen molar-refractivity contribution in [3.05, 3.63) is 23.5 Å². The first kappa shape index (κ1) is 9.40. The number of anilines is 1. The molecule has 74 valence electrons. The molecule has 0 spiro atoms. The molecule has 4 heteroatoms. The minimum Gasteiger partial charge on any atom is -0.375 e. The highest BCUT2D eigenvalue weighted by Crippen LogP contribution is 2.31. The Morgan fingerprint density at radius 1 is 1.43 bits per heavy atom. The van der Waals surface area contributed by atoms with Crippen LogP contribution < -0.4 is 5.73 Å². The van der Waals surface area contributed by atoms with E-state index in [1.165, 1.54) is 23.5 Å². The lowest BCUT2D eigenvalue weighted by Crippen LogP contribution is -1.91. The molecular formula is C10H11FN2S. The molecule has 0 atom stereocenters. The van der Waals surface area contributed by atoms with Crippen molar-refractivity contribution in [3.63, 3.8) is 0 Å². The number of nitrogen functional groups attached to an aromatic ring is 1. The highest BCUT2D eigenvalue weighted by molar-refractivity contribution is 7.22. The first-order valence-electron chi connectivity index (χ1n) is 4.43. The molecule has 0 fully saturated rings. The van der Waals surface area contributed by atoms with E-state index in [2.05, 4.69) is 4.98 Å². The van der Waals surface area contributed by atoms with Gasteiger partial charge >= 0.3 is 0 Å². The Kier molecular flexibility index (Phi) is 2.15. The van der Waals surface area contributed by atoms with Crippen LogP contribution in [0.15, 0.2) is 12.1 Å². The van der Waals surface area contributed by atoms with Gasteiger partial charge in [0.2, 0.25) is 0 Å². The highest BCUT2D eigenvalue weighted by Gasteiger charge is 2.11. The summed E-state index contributed by atoms with van der Waals surface area (Å²) >= 11 is 1.32. The van der Waals surface area contributed by atoms with Crippen LogP contribution in [0.4, 0.5) is 9.52 Å². The second kappa shape index (κ2) is 3.20. The molecule has 14 heavy (non-hydrogen) atoms. The fraction of sp³-hybridized carbons (Fsp3) is 0.300. The third-order valence-corrected chi connectivity index (χ3v) is 2.96. The van der Waals surface area contributed by atoms with Gasteiger partial charge in [-0.25, -0.2) is 9.37 Å². The molecule has 0 bridgehead atoms. The molecule has 0 aliphatic rings. The quantitative estimate of drug-likeness (QED) is 0.785. The van der Waals surface area contributed by atoms with Crippen LogP contribution in [-0.2, 0) is 0 Å². The van der Waals surface area contributed by atoms with E-state index >= 15 is 0 Å². The van der Waals surface area contributed by atoms with Gasteiger partial charge in [0.05, 0.1) is 10.2 Å². The average Bonchev–Trinajstić information content (AvgIpc) is 2.42. The predicted octanol–water partition coefficient (Wildman–Crippen LogP) is 3.14. The van der Waals surface area contributed by atoms with Crippen LogP contribution in [0.3, 0.4) is 0 Å². The third kappa shape index (κ3) is 1.46. The molecule has 2 N–H and O–H groups in total. The van der Waals surface area contributed by atoms with Gasteiger partial charge in [-0.15, -0.1) is 0 Å². The fourth-order valence-corrected chi connectivity index (χ4v) is 2.27. The molecule has 1 heterocycles. The van der Waals surface area contributed by atoms with Crippen LogP contribution >= 0.6 is 11.3 Å². The van der Waals surface area contributed by atoms with Crippen molar-refractivity contribution in [1.29, 1.82) is 0 Å². The minimum absolute atomic E-state index is 0.218. The van der Waals surface area contributed by atoms with Crippen LogP contribution in [0.1, 0.15) is 25.3 Å². The lowest BCUT2D eigenvalue weighted by molar-refractivity contribution is 0.626. The molecule has 0 unspecified atom stereocenters. The monoisotopic (exact) mass is 210 g/mol. The zero-order valence-corrected chi connectivity index (χ0v) is 8.86. The zero-order valence-electron chi connectivity index (χ0n) is 8.04. The van der Waals surface area contributed by atoms with Gasteiger partial charge in [0, 0.05) is 0 Å². The van der Waals surface area contributed by atoms with E-state index in [1.807, 2.05) is 13.8 Å². The van der Waals surface area contributed by atoms with E-state index in [-0.39, 0.29) is 11.7 Å². The van der Waals surface area contributed by atoms with E-state index < -0.39 is 0 Å². The molecule has 0 aliphatic carbocycles. The smallest absolute Gasteiger partial charge is 0.181 e. The summed E-state index contributed by atoms with van der Waals surface area (Å²) in [5, 5.41) is 0.493. The Balaban J connectivity index is 2.79. The molecule has 0 amide bonds. The molecule has 1 aromatic carbocycles. The molecule has 0 radical (unpaired) electrons. The van der Waals surface area contributed by atoms with Gasteiger partial charge in [-0.05, 0) is 23.6 Å². The number of aromatic nitrogens is 1. The van der Waals surface area contributed by atoms with E-state index in [4.69, 9.17) is 5.73 Å². The maximum atomic E-state index is 13.2. The van der Waals surface area contributed by atoms with Gasteiger partial charge in [0.15, 0.2) is 5.13 Å². The lowest BCUT2D eigenvalue weighted by Gasteiger charge is -2.05. The van der Waals surface area contributed by atoms with Gasteiger partial charge in [-0.2, -0.15) is 0 Å².